The Balaban J connectivity index is 0.000000529. The topological polar surface area (TPSA) is 9.23 Å². The Morgan fingerprint density at radius 3 is 2.48 bits per heavy atom. The number of rotatable bonds is 1. The fourth-order valence-electron chi connectivity index (χ4n) is 2.58. The molecule has 116 valence electrons. The first kappa shape index (κ1) is 21.6. The molecule has 0 aliphatic heterocycles. The minimum absolute atomic E-state index is 0. The predicted molar refractivity (Wildman–Crippen MR) is 94.5 cm³/mol. The van der Waals surface area contributed by atoms with Crippen molar-refractivity contribution in [1.82, 2.24) is 0 Å². The van der Waals surface area contributed by atoms with Crippen molar-refractivity contribution in [2.24, 2.45) is 0 Å². The summed E-state index contributed by atoms with van der Waals surface area (Å²) in [7, 11) is 1.72. The number of fused-ring (bicyclic) bond motifs is 3. The molecule has 0 heterocycles. The Hall–Kier alpha value is -1.40. The molecule has 4 rings (SSSR count). The van der Waals surface area contributed by atoms with Crippen molar-refractivity contribution in [2.75, 3.05) is 7.11 Å². The first-order valence-electron chi connectivity index (χ1n) is 6.77. The van der Waals surface area contributed by atoms with Crippen molar-refractivity contribution in [3.05, 3.63) is 92.7 Å². The molecule has 2 aliphatic carbocycles. The van der Waals surface area contributed by atoms with E-state index in [0.29, 0.717) is 0 Å². The zero-order valence-electron chi connectivity index (χ0n) is 14.0. The van der Waals surface area contributed by atoms with Crippen LogP contribution in [0.1, 0.15) is 17.5 Å². The van der Waals surface area contributed by atoms with E-state index in [1.807, 2.05) is 24.3 Å². The second-order valence-corrected chi connectivity index (χ2v) is 4.74. The smallest absolute Gasteiger partial charge is 0.522 e. The Morgan fingerprint density at radius 2 is 1.87 bits per heavy atom. The van der Waals surface area contributed by atoms with Crippen molar-refractivity contribution >= 4 is 0 Å². The second kappa shape index (κ2) is 10.4. The van der Waals surface area contributed by atoms with Crippen molar-refractivity contribution in [3.63, 3.8) is 0 Å². The molecule has 0 saturated carbocycles. The summed E-state index contributed by atoms with van der Waals surface area (Å²) in [6.45, 7) is 0. The van der Waals surface area contributed by atoms with Crippen LogP contribution in [0.15, 0.2) is 54.6 Å². The minimum Gasteiger partial charge on any atom is -0.522 e. The SMILES string of the molecule is COc1cc[c-]c2c1-c1ccccc1C2.[C-]1=CC=CC1.[CH3-].[CH3-].[Zr+4]. The predicted octanol–water partition coefficient (Wildman–Crippen LogP) is 5.27. The van der Waals surface area contributed by atoms with E-state index in [-0.39, 0.29) is 41.1 Å². The molecule has 2 aliphatic rings. The van der Waals surface area contributed by atoms with Crippen LogP contribution in [0.25, 0.3) is 11.1 Å². The molecule has 2 aromatic carbocycles. The zero-order chi connectivity index (χ0) is 13.8. The molecule has 0 radical (unpaired) electrons. The standard InChI is InChI=1S/C14H11O.C5H5.2CH3.Zr/c1-15-13-8-4-6-11-9-10-5-2-3-7-12(10)14(11)13;1-2-4-5-3-1;;;/h2-5,7-8H,9H2,1H3;1-3H,4H2;2*1H3;/q4*-1;+4. The Bertz CT molecular complexity index is 661. The molecule has 0 unspecified atom stereocenters. The van der Waals surface area contributed by atoms with Gasteiger partial charge >= 0.3 is 26.2 Å². The van der Waals surface area contributed by atoms with Crippen LogP contribution < -0.4 is 4.74 Å². The van der Waals surface area contributed by atoms with Crippen LogP contribution in [-0.4, -0.2) is 7.11 Å². The fraction of sp³-hybridized carbons (Fsp3) is 0.143. The molecule has 0 N–H and O–H groups in total. The second-order valence-electron chi connectivity index (χ2n) is 4.74. The third kappa shape index (κ3) is 4.78. The summed E-state index contributed by atoms with van der Waals surface area (Å²) >= 11 is 0. The van der Waals surface area contributed by atoms with Gasteiger partial charge in [-0.1, -0.05) is 35.4 Å². The third-order valence-corrected chi connectivity index (χ3v) is 3.50. The van der Waals surface area contributed by atoms with Crippen molar-refractivity contribution in [3.8, 4) is 16.9 Å². The fourth-order valence-corrected chi connectivity index (χ4v) is 2.58. The van der Waals surface area contributed by atoms with E-state index in [1.165, 1.54) is 22.3 Å². The molecular formula is C21H22OZr. The number of allylic oxidation sites excluding steroid dienone is 4. The van der Waals surface area contributed by atoms with Crippen molar-refractivity contribution in [2.45, 2.75) is 12.8 Å². The monoisotopic (exact) mass is 380 g/mol. The Labute approximate surface area is 160 Å². The zero-order valence-corrected chi connectivity index (χ0v) is 16.5. The summed E-state index contributed by atoms with van der Waals surface area (Å²) in [6.07, 6.45) is 11.0. The van der Waals surface area contributed by atoms with Gasteiger partial charge in [-0.25, -0.2) is 12.2 Å². The van der Waals surface area contributed by atoms with Crippen LogP contribution in [0.5, 0.6) is 5.75 Å². The molecule has 0 bridgehead atoms. The van der Waals surface area contributed by atoms with Gasteiger partial charge in [-0.15, -0.1) is 18.1 Å². The Kier molecular flexibility index (Phi) is 9.76. The van der Waals surface area contributed by atoms with Crippen LogP contribution >= 0.6 is 0 Å². The third-order valence-electron chi connectivity index (χ3n) is 3.50. The molecule has 0 fully saturated rings. The average molecular weight is 382 g/mol. The van der Waals surface area contributed by atoms with Crippen LogP contribution in [0, 0.1) is 27.0 Å². The van der Waals surface area contributed by atoms with E-state index in [0.717, 1.165) is 18.6 Å². The summed E-state index contributed by atoms with van der Waals surface area (Å²) in [5, 5.41) is 0. The maximum Gasteiger partial charge on any atom is 4.00 e. The van der Waals surface area contributed by atoms with Gasteiger partial charge in [-0.3, -0.25) is 6.08 Å². The van der Waals surface area contributed by atoms with E-state index >= 15 is 0 Å². The van der Waals surface area contributed by atoms with E-state index in [2.05, 4.69) is 42.5 Å². The maximum atomic E-state index is 5.39. The molecule has 0 atom stereocenters. The van der Waals surface area contributed by atoms with E-state index in [9.17, 15) is 0 Å². The van der Waals surface area contributed by atoms with Crippen LogP contribution in [0.3, 0.4) is 0 Å². The van der Waals surface area contributed by atoms with Gasteiger partial charge in [0.1, 0.15) is 0 Å². The summed E-state index contributed by atoms with van der Waals surface area (Å²) in [5.74, 6) is 0.952. The van der Waals surface area contributed by atoms with Gasteiger partial charge < -0.3 is 19.6 Å². The summed E-state index contributed by atoms with van der Waals surface area (Å²) < 4.78 is 5.39. The summed E-state index contributed by atoms with van der Waals surface area (Å²) in [5.41, 5.74) is 5.13. The van der Waals surface area contributed by atoms with Gasteiger partial charge in [0, 0.05) is 5.75 Å². The number of hydrogen-bond donors (Lipinski definition) is 0. The summed E-state index contributed by atoms with van der Waals surface area (Å²) in [4.78, 5) is 0. The number of ether oxygens (including phenoxy) is 1. The van der Waals surface area contributed by atoms with E-state index < -0.39 is 0 Å². The van der Waals surface area contributed by atoms with Crippen LogP contribution in [-0.2, 0) is 32.6 Å². The molecule has 1 nitrogen and oxygen atoms in total. The van der Waals surface area contributed by atoms with Gasteiger partial charge in [0.05, 0.1) is 7.11 Å². The van der Waals surface area contributed by atoms with Crippen LogP contribution in [0.4, 0.5) is 0 Å². The van der Waals surface area contributed by atoms with Crippen molar-refractivity contribution < 1.29 is 30.9 Å². The summed E-state index contributed by atoms with van der Waals surface area (Å²) in [6, 6.07) is 15.7. The minimum atomic E-state index is 0. The molecule has 0 aromatic heterocycles. The van der Waals surface area contributed by atoms with Gasteiger partial charge in [0.15, 0.2) is 0 Å². The normalized spacial score (nSPS) is 11.7. The molecular weight excluding hydrogens is 359 g/mol. The largest absolute Gasteiger partial charge is 4.00 e. The quantitative estimate of drug-likeness (QED) is 0.522. The molecule has 23 heavy (non-hydrogen) atoms. The molecule has 2 aromatic rings. The molecule has 2 heteroatoms. The van der Waals surface area contributed by atoms with E-state index in [4.69, 9.17) is 4.74 Å². The molecule has 0 amide bonds. The maximum absolute atomic E-state index is 5.39. The Morgan fingerprint density at radius 1 is 1.09 bits per heavy atom. The number of hydrogen-bond acceptors (Lipinski definition) is 1. The number of methoxy groups -OCH3 is 1. The van der Waals surface area contributed by atoms with E-state index in [1.54, 1.807) is 7.11 Å². The first-order chi connectivity index (χ1) is 9.90. The first-order valence-corrected chi connectivity index (χ1v) is 6.77. The average Bonchev–Trinajstić information content (AvgIpc) is 3.17. The van der Waals surface area contributed by atoms with Crippen LogP contribution in [0.2, 0.25) is 0 Å². The number of benzene rings is 2. The molecule has 0 spiro atoms. The van der Waals surface area contributed by atoms with Crippen molar-refractivity contribution in [1.29, 1.82) is 0 Å². The van der Waals surface area contributed by atoms with Gasteiger partial charge in [-0.05, 0) is 12.0 Å². The van der Waals surface area contributed by atoms with Gasteiger partial charge in [0.25, 0.3) is 0 Å². The van der Waals surface area contributed by atoms with Gasteiger partial charge in [0.2, 0.25) is 0 Å². The molecule has 0 saturated heterocycles. The van der Waals surface area contributed by atoms with Gasteiger partial charge in [-0.2, -0.15) is 18.2 Å².